The normalized spacial score (nSPS) is 44.5. The lowest BCUT2D eigenvalue weighted by molar-refractivity contribution is -0.265. The lowest BCUT2D eigenvalue weighted by Crippen LogP contribution is -2.71. The predicted molar refractivity (Wildman–Crippen MR) is 85.8 cm³/mol. The van der Waals surface area contributed by atoms with E-state index in [2.05, 4.69) is 0 Å². The molecule has 7 heteroatoms. The van der Waals surface area contributed by atoms with Crippen molar-refractivity contribution in [2.45, 2.75) is 64.9 Å². The van der Waals surface area contributed by atoms with Gasteiger partial charge in [0, 0.05) is 5.41 Å². The van der Waals surface area contributed by atoms with Gasteiger partial charge in [0.25, 0.3) is 0 Å². The molecule has 4 saturated carbocycles. The number of carbonyl (C=O) groups is 3. The molecule has 0 aromatic carbocycles. The van der Waals surface area contributed by atoms with E-state index < -0.39 is 45.2 Å². The molecule has 7 nitrogen and oxygen atoms in total. The Kier molecular flexibility index (Phi) is 3.45. The first-order chi connectivity index (χ1) is 11.3. The highest BCUT2D eigenvalue weighted by molar-refractivity contribution is 5.86. The van der Waals surface area contributed by atoms with Crippen molar-refractivity contribution in [3.8, 4) is 0 Å². The van der Waals surface area contributed by atoms with Crippen molar-refractivity contribution >= 4 is 17.9 Å². The summed E-state index contributed by atoms with van der Waals surface area (Å²) in [7, 11) is 0. The van der Waals surface area contributed by atoms with E-state index in [4.69, 9.17) is 0 Å². The Morgan fingerprint density at radius 2 is 1.04 bits per heavy atom. The molecule has 4 bridgehead atoms. The van der Waals surface area contributed by atoms with Crippen LogP contribution in [0.15, 0.2) is 0 Å². The minimum Gasteiger partial charge on any atom is -0.481 e. The van der Waals surface area contributed by atoms with Crippen molar-refractivity contribution < 1.29 is 34.8 Å². The Morgan fingerprint density at radius 1 is 0.760 bits per heavy atom. The van der Waals surface area contributed by atoms with E-state index in [1.54, 1.807) is 20.8 Å². The standard InChI is InChI=1S/C18H26O7/c1-10(2)14(3,25)18-7-15(11(19)20)4-16(8-18,12(21)22)6-17(5-15,9-18)13(23)24/h10,25H,4-9H2,1-3H3,(H,19,20)(H,21,22)(H,23,24). The summed E-state index contributed by atoms with van der Waals surface area (Å²) in [6, 6.07) is 0. The summed E-state index contributed by atoms with van der Waals surface area (Å²) in [6.45, 7) is 5.20. The molecule has 1 atom stereocenters. The number of aliphatic carboxylic acids is 3. The van der Waals surface area contributed by atoms with Crippen molar-refractivity contribution in [1.82, 2.24) is 0 Å². The molecule has 4 aliphatic carbocycles. The molecule has 4 fully saturated rings. The largest absolute Gasteiger partial charge is 0.481 e. The van der Waals surface area contributed by atoms with Gasteiger partial charge in [0.1, 0.15) is 0 Å². The molecule has 0 radical (unpaired) electrons. The minimum atomic E-state index is -1.41. The van der Waals surface area contributed by atoms with Gasteiger partial charge in [0.15, 0.2) is 0 Å². The Bertz CT molecular complexity index is 580. The number of carboxylic acid groups (broad SMARTS) is 3. The van der Waals surface area contributed by atoms with Gasteiger partial charge in [-0.1, -0.05) is 13.8 Å². The molecule has 4 rings (SSSR count). The fraction of sp³-hybridized carbons (Fsp3) is 0.833. The first-order valence-corrected chi connectivity index (χ1v) is 8.69. The minimum absolute atomic E-state index is 0.0599. The van der Waals surface area contributed by atoms with Crippen LogP contribution < -0.4 is 0 Å². The van der Waals surface area contributed by atoms with E-state index in [1.165, 1.54) is 0 Å². The Labute approximate surface area is 146 Å². The van der Waals surface area contributed by atoms with Crippen LogP contribution in [0.4, 0.5) is 0 Å². The third-order valence-electron chi connectivity index (χ3n) is 7.62. The molecule has 140 valence electrons. The Morgan fingerprint density at radius 3 is 1.24 bits per heavy atom. The highest BCUT2D eigenvalue weighted by atomic mass is 16.4. The summed E-state index contributed by atoms with van der Waals surface area (Å²) in [5.41, 5.74) is -6.62. The number of hydrogen-bond acceptors (Lipinski definition) is 4. The molecule has 0 aromatic heterocycles. The molecule has 0 aliphatic heterocycles. The second-order valence-corrected chi connectivity index (χ2v) is 9.40. The first kappa shape index (κ1) is 18.2. The average molecular weight is 354 g/mol. The van der Waals surface area contributed by atoms with E-state index in [-0.39, 0.29) is 44.4 Å². The zero-order chi connectivity index (χ0) is 19.1. The van der Waals surface area contributed by atoms with Crippen LogP contribution in [0.2, 0.25) is 0 Å². The van der Waals surface area contributed by atoms with Crippen molar-refractivity contribution in [2.24, 2.45) is 27.6 Å². The summed E-state index contributed by atoms with van der Waals surface area (Å²) in [5, 5.41) is 41.0. The van der Waals surface area contributed by atoms with Gasteiger partial charge in [0.05, 0.1) is 21.8 Å². The smallest absolute Gasteiger partial charge is 0.309 e. The van der Waals surface area contributed by atoms with Crippen LogP contribution in [0.1, 0.15) is 59.3 Å². The maximum atomic E-state index is 12.2. The van der Waals surface area contributed by atoms with Gasteiger partial charge in [-0.15, -0.1) is 0 Å². The van der Waals surface area contributed by atoms with Gasteiger partial charge in [-0.05, 0) is 51.4 Å². The first-order valence-electron chi connectivity index (χ1n) is 8.69. The lowest BCUT2D eigenvalue weighted by Gasteiger charge is -2.70. The quantitative estimate of drug-likeness (QED) is 0.593. The van der Waals surface area contributed by atoms with Crippen LogP contribution in [0.25, 0.3) is 0 Å². The second-order valence-electron chi connectivity index (χ2n) is 9.40. The van der Waals surface area contributed by atoms with Crippen molar-refractivity contribution in [2.75, 3.05) is 0 Å². The average Bonchev–Trinajstić information content (AvgIpc) is 2.45. The number of rotatable bonds is 5. The third-order valence-corrected chi connectivity index (χ3v) is 7.62. The number of hydrogen-bond donors (Lipinski definition) is 4. The molecule has 0 aromatic rings. The number of aliphatic hydroxyl groups is 1. The van der Waals surface area contributed by atoms with E-state index in [1.807, 2.05) is 0 Å². The Hall–Kier alpha value is -1.63. The van der Waals surface area contributed by atoms with Gasteiger partial charge in [-0.3, -0.25) is 14.4 Å². The zero-order valence-corrected chi connectivity index (χ0v) is 14.8. The maximum absolute atomic E-state index is 12.2. The molecule has 0 amide bonds. The monoisotopic (exact) mass is 354 g/mol. The van der Waals surface area contributed by atoms with Gasteiger partial charge in [-0.25, -0.2) is 0 Å². The molecule has 0 heterocycles. The van der Waals surface area contributed by atoms with Gasteiger partial charge in [0.2, 0.25) is 0 Å². The van der Waals surface area contributed by atoms with Crippen molar-refractivity contribution in [3.05, 3.63) is 0 Å². The van der Waals surface area contributed by atoms with Crippen LogP contribution in [0.5, 0.6) is 0 Å². The van der Waals surface area contributed by atoms with Crippen LogP contribution in [-0.2, 0) is 14.4 Å². The van der Waals surface area contributed by atoms with Crippen molar-refractivity contribution in [3.63, 3.8) is 0 Å². The predicted octanol–water partition coefficient (Wildman–Crippen LogP) is 1.97. The van der Waals surface area contributed by atoms with Gasteiger partial charge < -0.3 is 20.4 Å². The molecule has 1 unspecified atom stereocenters. The molecule has 0 saturated heterocycles. The fourth-order valence-electron chi connectivity index (χ4n) is 6.47. The van der Waals surface area contributed by atoms with E-state index in [0.717, 1.165) is 0 Å². The zero-order valence-electron chi connectivity index (χ0n) is 14.8. The lowest BCUT2D eigenvalue weighted by atomic mass is 9.32. The molecule has 0 spiro atoms. The molecular weight excluding hydrogens is 328 g/mol. The summed E-state index contributed by atoms with van der Waals surface area (Å²) in [4.78, 5) is 36.5. The summed E-state index contributed by atoms with van der Waals surface area (Å²) in [6.07, 6.45) is 0.209. The highest BCUT2D eigenvalue weighted by Gasteiger charge is 2.77. The van der Waals surface area contributed by atoms with Gasteiger partial charge in [-0.2, -0.15) is 0 Å². The van der Waals surface area contributed by atoms with Crippen LogP contribution in [0.3, 0.4) is 0 Å². The maximum Gasteiger partial charge on any atom is 0.309 e. The number of carboxylic acids is 3. The van der Waals surface area contributed by atoms with E-state index >= 15 is 0 Å². The topological polar surface area (TPSA) is 132 Å². The van der Waals surface area contributed by atoms with Crippen LogP contribution >= 0.6 is 0 Å². The molecule has 4 N–H and O–H groups in total. The molecular formula is C18H26O7. The SMILES string of the molecule is CC(C)C(C)(O)C12CC3(C(=O)O)CC(C(=O)O)(CC(C(=O)O)(C3)C1)C2. The van der Waals surface area contributed by atoms with E-state index in [0.29, 0.717) is 0 Å². The summed E-state index contributed by atoms with van der Waals surface area (Å²) < 4.78 is 0. The third kappa shape index (κ3) is 2.05. The fourth-order valence-corrected chi connectivity index (χ4v) is 6.47. The molecule has 4 aliphatic rings. The van der Waals surface area contributed by atoms with E-state index in [9.17, 15) is 34.8 Å². The molecule has 25 heavy (non-hydrogen) atoms. The van der Waals surface area contributed by atoms with Crippen LogP contribution in [0, 0.1) is 27.6 Å². The van der Waals surface area contributed by atoms with Crippen LogP contribution in [-0.4, -0.2) is 43.9 Å². The Balaban J connectivity index is 2.28. The van der Waals surface area contributed by atoms with Gasteiger partial charge >= 0.3 is 17.9 Å². The second kappa shape index (κ2) is 4.75. The highest BCUT2D eigenvalue weighted by Crippen LogP contribution is 2.76. The summed E-state index contributed by atoms with van der Waals surface area (Å²) >= 11 is 0. The summed E-state index contributed by atoms with van der Waals surface area (Å²) in [5.74, 6) is -3.70. The van der Waals surface area contributed by atoms with Crippen molar-refractivity contribution in [1.29, 1.82) is 0 Å².